The first kappa shape index (κ1) is 14.1. The van der Waals surface area contributed by atoms with Crippen molar-refractivity contribution >= 4 is 17.3 Å². The highest BCUT2D eigenvalue weighted by molar-refractivity contribution is 7.11. The fraction of sp³-hybridized carbons (Fsp3) is 0.667. The van der Waals surface area contributed by atoms with Crippen LogP contribution in [0.25, 0.3) is 0 Å². The van der Waals surface area contributed by atoms with Crippen molar-refractivity contribution in [2.45, 2.75) is 34.1 Å². The smallest absolute Gasteiger partial charge is 0.313 e. The maximum Gasteiger partial charge on any atom is 0.313 e. The average molecular weight is 256 g/mol. The van der Waals surface area contributed by atoms with Gasteiger partial charge < -0.3 is 10.5 Å². The molecule has 0 aromatic carbocycles. The molecule has 1 atom stereocenters. The van der Waals surface area contributed by atoms with E-state index < -0.39 is 5.41 Å². The van der Waals surface area contributed by atoms with Gasteiger partial charge in [-0.1, -0.05) is 0 Å². The highest BCUT2D eigenvalue weighted by atomic mass is 32.1. The largest absolute Gasteiger partial charge is 0.466 e. The minimum Gasteiger partial charge on any atom is -0.466 e. The number of hydrogen-bond donors (Lipinski definition) is 1. The molecule has 0 saturated carbocycles. The summed E-state index contributed by atoms with van der Waals surface area (Å²) in [6.45, 7) is 8.28. The SMILES string of the molecule is CCOC(=O)C(C)(CN)Cc1nc(C)c(C)s1. The molecule has 5 heteroatoms. The number of esters is 1. The van der Waals surface area contributed by atoms with Gasteiger partial charge in [0, 0.05) is 17.8 Å². The Balaban J connectivity index is 2.84. The van der Waals surface area contributed by atoms with Crippen LogP contribution in [0.15, 0.2) is 0 Å². The standard InChI is InChI=1S/C12H20N2O2S/c1-5-16-11(15)12(4,7-13)6-10-14-8(2)9(3)17-10/h5-7,13H2,1-4H3. The second kappa shape index (κ2) is 5.60. The van der Waals surface area contributed by atoms with E-state index in [0.29, 0.717) is 13.0 Å². The van der Waals surface area contributed by atoms with E-state index in [2.05, 4.69) is 4.98 Å². The van der Waals surface area contributed by atoms with Crippen molar-refractivity contribution in [3.63, 3.8) is 0 Å². The van der Waals surface area contributed by atoms with E-state index in [9.17, 15) is 4.79 Å². The summed E-state index contributed by atoms with van der Waals surface area (Å²) in [5.41, 5.74) is 6.05. The topological polar surface area (TPSA) is 65.2 Å². The Bertz CT molecular complexity index is 384. The van der Waals surface area contributed by atoms with Gasteiger partial charge in [-0.05, 0) is 27.7 Å². The molecule has 0 aliphatic carbocycles. The minimum absolute atomic E-state index is 0.243. The van der Waals surface area contributed by atoms with Crippen molar-refractivity contribution in [1.82, 2.24) is 4.98 Å². The number of aromatic nitrogens is 1. The van der Waals surface area contributed by atoms with E-state index in [1.807, 2.05) is 20.8 Å². The van der Waals surface area contributed by atoms with Crippen molar-refractivity contribution in [2.75, 3.05) is 13.2 Å². The molecule has 1 aromatic rings. The molecule has 0 radical (unpaired) electrons. The van der Waals surface area contributed by atoms with Gasteiger partial charge >= 0.3 is 5.97 Å². The third-order valence-electron chi connectivity index (χ3n) is 2.83. The van der Waals surface area contributed by atoms with Crippen molar-refractivity contribution in [2.24, 2.45) is 11.1 Å². The lowest BCUT2D eigenvalue weighted by Crippen LogP contribution is -2.39. The molecule has 1 aromatic heterocycles. The lowest BCUT2D eigenvalue weighted by atomic mass is 9.87. The van der Waals surface area contributed by atoms with Gasteiger partial charge in [-0.2, -0.15) is 0 Å². The summed E-state index contributed by atoms with van der Waals surface area (Å²) in [6, 6.07) is 0. The molecule has 0 saturated heterocycles. The molecular formula is C12H20N2O2S. The zero-order valence-corrected chi connectivity index (χ0v) is 11.7. The quantitative estimate of drug-likeness (QED) is 0.816. The normalized spacial score (nSPS) is 14.4. The number of hydrogen-bond acceptors (Lipinski definition) is 5. The predicted molar refractivity (Wildman–Crippen MR) is 69.1 cm³/mol. The molecule has 96 valence electrons. The van der Waals surface area contributed by atoms with Crippen LogP contribution in [0, 0.1) is 19.3 Å². The lowest BCUT2D eigenvalue weighted by Gasteiger charge is -2.24. The van der Waals surface area contributed by atoms with E-state index >= 15 is 0 Å². The zero-order chi connectivity index (χ0) is 13.1. The second-order valence-corrected chi connectivity index (χ2v) is 5.70. The molecule has 17 heavy (non-hydrogen) atoms. The fourth-order valence-corrected chi connectivity index (χ4v) is 2.60. The Morgan fingerprint density at radius 1 is 1.53 bits per heavy atom. The van der Waals surface area contributed by atoms with Gasteiger partial charge in [-0.15, -0.1) is 11.3 Å². The summed E-state index contributed by atoms with van der Waals surface area (Å²) in [5, 5.41) is 0.945. The molecule has 1 rings (SSSR count). The van der Waals surface area contributed by atoms with Crippen molar-refractivity contribution < 1.29 is 9.53 Å². The molecule has 4 nitrogen and oxygen atoms in total. The Morgan fingerprint density at radius 2 is 2.18 bits per heavy atom. The molecule has 0 fully saturated rings. The molecule has 0 aliphatic heterocycles. The van der Waals surface area contributed by atoms with Crippen LogP contribution in [-0.4, -0.2) is 24.1 Å². The third-order valence-corrected chi connectivity index (χ3v) is 3.91. The highest BCUT2D eigenvalue weighted by Crippen LogP contribution is 2.27. The van der Waals surface area contributed by atoms with Gasteiger partial charge in [-0.3, -0.25) is 4.79 Å². The van der Waals surface area contributed by atoms with Crippen molar-refractivity contribution in [3.05, 3.63) is 15.6 Å². The van der Waals surface area contributed by atoms with E-state index in [4.69, 9.17) is 10.5 Å². The van der Waals surface area contributed by atoms with Crippen LogP contribution in [0.5, 0.6) is 0 Å². The molecule has 0 amide bonds. The van der Waals surface area contributed by atoms with Crippen LogP contribution in [0.2, 0.25) is 0 Å². The molecule has 1 unspecified atom stereocenters. The number of nitrogens with two attached hydrogens (primary N) is 1. The number of nitrogens with zero attached hydrogens (tertiary/aromatic N) is 1. The Morgan fingerprint density at radius 3 is 2.59 bits per heavy atom. The van der Waals surface area contributed by atoms with Crippen molar-refractivity contribution in [1.29, 1.82) is 0 Å². The van der Waals surface area contributed by atoms with Gasteiger partial charge in [0.25, 0.3) is 0 Å². The predicted octanol–water partition coefficient (Wildman–Crippen LogP) is 1.83. The van der Waals surface area contributed by atoms with Crippen LogP contribution in [0.4, 0.5) is 0 Å². The second-order valence-electron chi connectivity index (χ2n) is 4.41. The Labute approximate surface area is 106 Å². The van der Waals surface area contributed by atoms with E-state index in [1.165, 1.54) is 4.88 Å². The first-order valence-corrected chi connectivity index (χ1v) is 6.54. The lowest BCUT2D eigenvalue weighted by molar-refractivity contribution is -0.153. The van der Waals surface area contributed by atoms with Crippen molar-refractivity contribution in [3.8, 4) is 0 Å². The minimum atomic E-state index is -0.674. The summed E-state index contributed by atoms with van der Waals surface area (Å²) >= 11 is 1.62. The van der Waals surface area contributed by atoms with E-state index in [1.54, 1.807) is 18.3 Å². The Kier molecular flexibility index (Phi) is 4.65. The first-order valence-electron chi connectivity index (χ1n) is 5.73. The van der Waals surface area contributed by atoms with Gasteiger partial charge in [0.05, 0.1) is 22.7 Å². The highest BCUT2D eigenvalue weighted by Gasteiger charge is 2.34. The number of thiazole rings is 1. The number of aryl methyl sites for hydroxylation is 2. The van der Waals surface area contributed by atoms with E-state index in [-0.39, 0.29) is 12.5 Å². The summed E-state index contributed by atoms with van der Waals surface area (Å²) in [6.07, 6.45) is 0.543. The Hall–Kier alpha value is -0.940. The molecule has 1 heterocycles. The van der Waals surface area contributed by atoms with Crippen LogP contribution >= 0.6 is 11.3 Å². The number of carbonyl (C=O) groups excluding carboxylic acids is 1. The van der Waals surface area contributed by atoms with Crippen LogP contribution in [0.3, 0.4) is 0 Å². The third kappa shape index (κ3) is 3.26. The number of rotatable bonds is 5. The number of carbonyl (C=O) groups is 1. The first-order chi connectivity index (χ1) is 7.92. The van der Waals surface area contributed by atoms with Gasteiger partial charge in [-0.25, -0.2) is 4.98 Å². The molecular weight excluding hydrogens is 236 g/mol. The molecule has 0 bridgehead atoms. The van der Waals surface area contributed by atoms with Crippen LogP contribution in [0.1, 0.15) is 29.4 Å². The summed E-state index contributed by atoms with van der Waals surface area (Å²) in [7, 11) is 0. The molecule has 0 spiro atoms. The summed E-state index contributed by atoms with van der Waals surface area (Å²) in [4.78, 5) is 17.5. The zero-order valence-electron chi connectivity index (χ0n) is 10.9. The fourth-order valence-electron chi connectivity index (χ4n) is 1.48. The van der Waals surface area contributed by atoms with Gasteiger partial charge in [0.15, 0.2) is 0 Å². The van der Waals surface area contributed by atoms with Gasteiger partial charge in [0.2, 0.25) is 0 Å². The van der Waals surface area contributed by atoms with Gasteiger partial charge in [0.1, 0.15) is 0 Å². The maximum atomic E-state index is 11.9. The maximum absolute atomic E-state index is 11.9. The van der Waals surface area contributed by atoms with E-state index in [0.717, 1.165) is 10.7 Å². The summed E-state index contributed by atoms with van der Waals surface area (Å²) < 4.78 is 5.07. The van der Waals surface area contributed by atoms with Crippen LogP contribution < -0.4 is 5.73 Å². The molecule has 0 aliphatic rings. The number of ether oxygens (including phenoxy) is 1. The molecule has 2 N–H and O–H groups in total. The summed E-state index contributed by atoms with van der Waals surface area (Å²) in [5.74, 6) is -0.243. The van der Waals surface area contributed by atoms with Crippen LogP contribution in [-0.2, 0) is 16.0 Å². The average Bonchev–Trinajstić information content (AvgIpc) is 2.58. The monoisotopic (exact) mass is 256 g/mol.